The van der Waals surface area contributed by atoms with E-state index in [4.69, 9.17) is 0 Å². The van der Waals surface area contributed by atoms with E-state index in [9.17, 15) is 4.39 Å². The van der Waals surface area contributed by atoms with Crippen molar-refractivity contribution < 1.29 is 4.39 Å². The number of hydrogen-bond acceptors (Lipinski definition) is 2. The Labute approximate surface area is 104 Å². The van der Waals surface area contributed by atoms with Gasteiger partial charge in [-0.15, -0.1) is 0 Å². The predicted molar refractivity (Wildman–Crippen MR) is 69.6 cm³/mol. The highest BCUT2D eigenvalue weighted by atomic mass is 32.1. The first-order valence-corrected chi connectivity index (χ1v) is 6.81. The summed E-state index contributed by atoms with van der Waals surface area (Å²) in [5.41, 5.74) is 2.81. The van der Waals surface area contributed by atoms with Crippen LogP contribution in [0.2, 0.25) is 0 Å². The van der Waals surface area contributed by atoms with Crippen molar-refractivity contribution in [2.24, 2.45) is 0 Å². The smallest absolute Gasteiger partial charge is 0.128 e. The average Bonchev–Trinajstić information content (AvgIpc) is 3.00. The van der Waals surface area contributed by atoms with Crippen LogP contribution in [0.15, 0.2) is 35.0 Å². The third-order valence-electron chi connectivity index (χ3n) is 3.07. The van der Waals surface area contributed by atoms with Crippen LogP contribution in [0, 0.1) is 5.82 Å². The molecule has 88 valence electrons. The monoisotopic (exact) mass is 247 g/mol. The minimum absolute atomic E-state index is 0.109. The zero-order chi connectivity index (χ0) is 11.7. The van der Waals surface area contributed by atoms with Crippen LogP contribution in [0.4, 0.5) is 4.39 Å². The summed E-state index contributed by atoms with van der Waals surface area (Å²) in [5, 5.41) is 7.38. The molecule has 3 rings (SSSR count). The molecule has 1 aliphatic carbocycles. The predicted octanol–water partition coefficient (Wildman–Crippen LogP) is 3.81. The van der Waals surface area contributed by atoms with E-state index in [2.05, 4.69) is 5.32 Å². The molecule has 1 aromatic heterocycles. The molecule has 3 heteroatoms. The Morgan fingerprint density at radius 3 is 2.76 bits per heavy atom. The third kappa shape index (κ3) is 2.56. The SMILES string of the molecule is Fc1cc(-c2ccsc2)ccc1CNC1CC1. The van der Waals surface area contributed by atoms with Gasteiger partial charge in [-0.1, -0.05) is 12.1 Å². The molecule has 2 aromatic rings. The highest BCUT2D eigenvalue weighted by molar-refractivity contribution is 7.08. The quantitative estimate of drug-likeness (QED) is 0.866. The molecular weight excluding hydrogens is 233 g/mol. The first-order chi connectivity index (χ1) is 8.33. The van der Waals surface area contributed by atoms with Gasteiger partial charge in [-0.25, -0.2) is 4.39 Å². The lowest BCUT2D eigenvalue weighted by Gasteiger charge is -2.06. The summed E-state index contributed by atoms with van der Waals surface area (Å²) in [5.74, 6) is -0.109. The van der Waals surface area contributed by atoms with Crippen molar-refractivity contribution in [3.63, 3.8) is 0 Å². The standard InChI is InChI=1S/C14H14FNS/c15-14-7-10(12-5-6-17-9-12)1-2-11(14)8-16-13-3-4-13/h1-2,5-7,9,13,16H,3-4,8H2. The lowest BCUT2D eigenvalue weighted by atomic mass is 10.1. The van der Waals surface area contributed by atoms with Gasteiger partial charge in [0.25, 0.3) is 0 Å². The van der Waals surface area contributed by atoms with E-state index in [0.29, 0.717) is 12.6 Å². The molecule has 1 aromatic carbocycles. The van der Waals surface area contributed by atoms with Crippen LogP contribution in [0.1, 0.15) is 18.4 Å². The summed E-state index contributed by atoms with van der Waals surface area (Å²) in [6.45, 7) is 0.639. The average molecular weight is 247 g/mol. The van der Waals surface area contributed by atoms with Crippen molar-refractivity contribution in [2.45, 2.75) is 25.4 Å². The molecule has 17 heavy (non-hydrogen) atoms. The highest BCUT2D eigenvalue weighted by Gasteiger charge is 2.20. The fraction of sp³-hybridized carbons (Fsp3) is 0.286. The maximum absolute atomic E-state index is 13.9. The lowest BCUT2D eigenvalue weighted by molar-refractivity contribution is 0.587. The van der Waals surface area contributed by atoms with Gasteiger partial charge in [-0.2, -0.15) is 11.3 Å². The van der Waals surface area contributed by atoms with Crippen LogP contribution in [-0.4, -0.2) is 6.04 Å². The van der Waals surface area contributed by atoms with E-state index in [0.717, 1.165) is 16.7 Å². The van der Waals surface area contributed by atoms with Gasteiger partial charge >= 0.3 is 0 Å². The van der Waals surface area contributed by atoms with Gasteiger partial charge in [0.1, 0.15) is 5.82 Å². The number of hydrogen-bond donors (Lipinski definition) is 1. The lowest BCUT2D eigenvalue weighted by Crippen LogP contribution is -2.16. The maximum Gasteiger partial charge on any atom is 0.128 e. The van der Waals surface area contributed by atoms with Gasteiger partial charge in [-0.3, -0.25) is 0 Å². The first kappa shape index (κ1) is 10.9. The van der Waals surface area contributed by atoms with Gasteiger partial charge in [0, 0.05) is 18.2 Å². The van der Waals surface area contributed by atoms with Crippen LogP contribution in [0.25, 0.3) is 11.1 Å². The number of thiophene rings is 1. The van der Waals surface area contributed by atoms with E-state index >= 15 is 0 Å². The molecule has 1 N–H and O–H groups in total. The van der Waals surface area contributed by atoms with Crippen molar-refractivity contribution in [1.82, 2.24) is 5.32 Å². The molecule has 0 unspecified atom stereocenters. The molecule has 1 aliphatic rings. The van der Waals surface area contributed by atoms with Gasteiger partial charge in [-0.05, 0) is 46.9 Å². The summed E-state index contributed by atoms with van der Waals surface area (Å²) >= 11 is 1.63. The van der Waals surface area contributed by atoms with Crippen molar-refractivity contribution in [3.05, 3.63) is 46.4 Å². The van der Waals surface area contributed by atoms with Crippen molar-refractivity contribution in [1.29, 1.82) is 0 Å². The van der Waals surface area contributed by atoms with E-state index in [1.165, 1.54) is 12.8 Å². The minimum Gasteiger partial charge on any atom is -0.310 e. The number of nitrogens with one attached hydrogen (secondary N) is 1. The topological polar surface area (TPSA) is 12.0 Å². The molecule has 0 radical (unpaired) electrons. The van der Waals surface area contributed by atoms with Crippen LogP contribution in [0.5, 0.6) is 0 Å². The Hall–Kier alpha value is -1.19. The summed E-state index contributed by atoms with van der Waals surface area (Å²) in [6.07, 6.45) is 2.46. The molecule has 1 heterocycles. The molecule has 1 saturated carbocycles. The number of rotatable bonds is 4. The van der Waals surface area contributed by atoms with Crippen molar-refractivity contribution in [3.8, 4) is 11.1 Å². The Morgan fingerprint density at radius 2 is 2.12 bits per heavy atom. The molecule has 0 amide bonds. The normalized spacial score (nSPS) is 15.1. The first-order valence-electron chi connectivity index (χ1n) is 5.87. The van der Waals surface area contributed by atoms with E-state index in [1.807, 2.05) is 29.0 Å². The summed E-state index contributed by atoms with van der Waals surface area (Å²) in [6, 6.07) is 8.14. The third-order valence-corrected chi connectivity index (χ3v) is 3.75. The van der Waals surface area contributed by atoms with Crippen LogP contribution >= 0.6 is 11.3 Å². The highest BCUT2D eigenvalue weighted by Crippen LogP contribution is 2.25. The van der Waals surface area contributed by atoms with Crippen LogP contribution < -0.4 is 5.32 Å². The Kier molecular flexibility index (Phi) is 2.95. The zero-order valence-corrected chi connectivity index (χ0v) is 10.3. The Bertz CT molecular complexity index is 503. The second kappa shape index (κ2) is 4.59. The molecule has 0 atom stereocenters. The molecule has 0 aliphatic heterocycles. The van der Waals surface area contributed by atoms with E-state index < -0.39 is 0 Å². The summed E-state index contributed by atoms with van der Waals surface area (Å²) < 4.78 is 13.9. The van der Waals surface area contributed by atoms with Crippen molar-refractivity contribution >= 4 is 11.3 Å². The van der Waals surface area contributed by atoms with Crippen LogP contribution in [-0.2, 0) is 6.54 Å². The second-order valence-electron chi connectivity index (χ2n) is 4.47. The van der Waals surface area contributed by atoms with Gasteiger partial charge in [0.15, 0.2) is 0 Å². The molecule has 0 saturated heterocycles. The number of benzene rings is 1. The minimum atomic E-state index is -0.109. The molecule has 0 bridgehead atoms. The molecule has 1 fully saturated rings. The second-order valence-corrected chi connectivity index (χ2v) is 5.25. The number of halogens is 1. The van der Waals surface area contributed by atoms with Crippen molar-refractivity contribution in [2.75, 3.05) is 0 Å². The van der Waals surface area contributed by atoms with Gasteiger partial charge in [0.2, 0.25) is 0 Å². The fourth-order valence-electron chi connectivity index (χ4n) is 1.84. The van der Waals surface area contributed by atoms with Crippen LogP contribution in [0.3, 0.4) is 0 Å². The Morgan fingerprint density at radius 1 is 1.24 bits per heavy atom. The molecule has 0 spiro atoms. The fourth-order valence-corrected chi connectivity index (χ4v) is 2.51. The molecular formula is C14H14FNS. The van der Waals surface area contributed by atoms with E-state index in [1.54, 1.807) is 17.4 Å². The zero-order valence-electron chi connectivity index (χ0n) is 9.45. The van der Waals surface area contributed by atoms with Gasteiger partial charge in [0.05, 0.1) is 0 Å². The summed E-state index contributed by atoms with van der Waals surface area (Å²) in [4.78, 5) is 0. The van der Waals surface area contributed by atoms with E-state index in [-0.39, 0.29) is 5.82 Å². The van der Waals surface area contributed by atoms with Gasteiger partial charge < -0.3 is 5.32 Å². The maximum atomic E-state index is 13.9. The summed E-state index contributed by atoms with van der Waals surface area (Å²) in [7, 11) is 0. The molecule has 1 nitrogen and oxygen atoms in total. The largest absolute Gasteiger partial charge is 0.310 e. The Balaban J connectivity index is 1.78.